The molecule has 0 radical (unpaired) electrons. The number of rotatable bonds is 0. The number of fused-ring (bicyclic) bond motifs is 1. The first kappa shape index (κ1) is 14.8. The van der Waals surface area contributed by atoms with Crippen LogP contribution in [0.4, 0.5) is 4.39 Å². The van der Waals surface area contributed by atoms with Crippen LogP contribution in [0.5, 0.6) is 5.75 Å². The monoisotopic (exact) mass is 323 g/mol. The maximum atomic E-state index is 14.0. The van der Waals surface area contributed by atoms with Gasteiger partial charge in [-0.25, -0.2) is 4.39 Å². The number of benzene rings is 1. The quantitative estimate of drug-likeness (QED) is 0.771. The summed E-state index contributed by atoms with van der Waals surface area (Å²) in [5.41, 5.74) is 2.23. The minimum absolute atomic E-state index is 0.00171. The van der Waals surface area contributed by atoms with Crippen molar-refractivity contribution in [3.8, 4) is 5.75 Å². The predicted molar refractivity (Wildman–Crippen MR) is 86.1 cm³/mol. The van der Waals surface area contributed by atoms with E-state index in [1.807, 2.05) is 0 Å². The molecule has 3 atom stereocenters. The van der Waals surface area contributed by atoms with Gasteiger partial charge in [0.15, 0.2) is 11.6 Å². The summed E-state index contributed by atoms with van der Waals surface area (Å²) in [5.74, 6) is -0.944. The number of likely N-dealkylation sites (tertiary alicyclic amines) is 1. The van der Waals surface area contributed by atoms with Crippen LogP contribution in [-0.2, 0) is 11.8 Å². The van der Waals surface area contributed by atoms with Crippen molar-refractivity contribution >= 4 is 11.6 Å². The molecule has 4 heteroatoms. The first-order valence-corrected chi connectivity index (χ1v) is 8.69. The van der Waals surface area contributed by atoms with Crippen LogP contribution < -0.4 is 0 Å². The van der Waals surface area contributed by atoms with Crippen molar-refractivity contribution in [2.24, 2.45) is 5.41 Å². The molecular formula is C18H23ClFNO. The van der Waals surface area contributed by atoms with E-state index in [0.717, 1.165) is 36.9 Å². The second-order valence-electron chi connectivity index (χ2n) is 7.71. The Bertz CT molecular complexity index is 648. The fourth-order valence-corrected chi connectivity index (χ4v) is 6.20. The average Bonchev–Trinajstić information content (AvgIpc) is 2.48. The Labute approximate surface area is 136 Å². The van der Waals surface area contributed by atoms with E-state index in [1.165, 1.54) is 25.3 Å². The largest absolute Gasteiger partial charge is 0.504 e. The van der Waals surface area contributed by atoms with Gasteiger partial charge in [0.05, 0.1) is 5.02 Å². The molecular weight excluding hydrogens is 301 g/mol. The van der Waals surface area contributed by atoms with Crippen molar-refractivity contribution in [3.63, 3.8) is 0 Å². The van der Waals surface area contributed by atoms with Crippen LogP contribution in [-0.4, -0.2) is 29.6 Å². The SMILES string of the molecule is CN1CC[C@@]23CCCC[C@]2(C)[C@@H]1Cc1cc(F)c(O)c(Cl)c13. The third-order valence-electron chi connectivity index (χ3n) is 6.97. The second kappa shape index (κ2) is 4.61. The van der Waals surface area contributed by atoms with Gasteiger partial charge < -0.3 is 10.0 Å². The van der Waals surface area contributed by atoms with E-state index in [1.54, 1.807) is 0 Å². The number of piperidine rings is 1. The maximum absolute atomic E-state index is 14.0. The smallest absolute Gasteiger partial charge is 0.170 e. The number of hydrogen-bond acceptors (Lipinski definition) is 2. The number of hydrogen-bond donors (Lipinski definition) is 1. The van der Waals surface area contributed by atoms with Crippen molar-refractivity contribution in [2.75, 3.05) is 13.6 Å². The van der Waals surface area contributed by atoms with Crippen LogP contribution >= 0.6 is 11.6 Å². The zero-order chi connectivity index (χ0) is 15.7. The lowest BCUT2D eigenvalue weighted by atomic mass is 9.44. The highest BCUT2D eigenvalue weighted by atomic mass is 35.5. The number of nitrogens with zero attached hydrogens (tertiary/aromatic N) is 1. The van der Waals surface area contributed by atoms with Gasteiger partial charge >= 0.3 is 0 Å². The number of halogens is 2. The van der Waals surface area contributed by atoms with Crippen LogP contribution in [0.15, 0.2) is 6.07 Å². The molecule has 2 nitrogen and oxygen atoms in total. The van der Waals surface area contributed by atoms with Gasteiger partial charge in [0.25, 0.3) is 0 Å². The molecule has 1 N–H and O–H groups in total. The molecule has 4 rings (SSSR count). The van der Waals surface area contributed by atoms with E-state index in [2.05, 4.69) is 18.9 Å². The van der Waals surface area contributed by atoms with Crippen molar-refractivity contribution in [2.45, 2.75) is 56.9 Å². The summed E-state index contributed by atoms with van der Waals surface area (Å²) in [4.78, 5) is 2.45. The molecule has 0 aromatic heterocycles. The van der Waals surface area contributed by atoms with Gasteiger partial charge in [-0.2, -0.15) is 0 Å². The van der Waals surface area contributed by atoms with Gasteiger partial charge in [-0.15, -0.1) is 0 Å². The molecule has 1 saturated carbocycles. The summed E-state index contributed by atoms with van der Waals surface area (Å²) >= 11 is 6.47. The third-order valence-corrected chi connectivity index (χ3v) is 7.34. The highest BCUT2D eigenvalue weighted by Gasteiger charge is 2.61. The van der Waals surface area contributed by atoms with Crippen LogP contribution in [0.3, 0.4) is 0 Å². The molecule has 0 amide bonds. The number of likely N-dealkylation sites (N-methyl/N-ethyl adjacent to an activating group) is 1. The number of phenolic OH excluding ortho intramolecular Hbond substituents is 1. The lowest BCUT2D eigenvalue weighted by Crippen LogP contribution is -2.66. The predicted octanol–water partition coefficient (Wildman–Crippen LogP) is 4.26. The summed E-state index contributed by atoms with van der Waals surface area (Å²) in [6.07, 6.45) is 6.62. The van der Waals surface area contributed by atoms with Gasteiger partial charge in [0, 0.05) is 11.5 Å². The van der Waals surface area contributed by atoms with E-state index >= 15 is 0 Å². The lowest BCUT2D eigenvalue weighted by molar-refractivity contribution is -0.0736. The topological polar surface area (TPSA) is 23.5 Å². The summed E-state index contributed by atoms with van der Waals surface area (Å²) in [5, 5.41) is 10.3. The van der Waals surface area contributed by atoms with E-state index in [9.17, 15) is 9.50 Å². The maximum Gasteiger partial charge on any atom is 0.170 e. The lowest BCUT2D eigenvalue weighted by Gasteiger charge is -2.65. The van der Waals surface area contributed by atoms with Gasteiger partial charge in [-0.05, 0) is 61.9 Å². The molecule has 22 heavy (non-hydrogen) atoms. The van der Waals surface area contributed by atoms with Gasteiger partial charge in [0.2, 0.25) is 0 Å². The van der Waals surface area contributed by atoms with Crippen molar-refractivity contribution in [1.82, 2.24) is 4.90 Å². The first-order chi connectivity index (χ1) is 10.4. The van der Waals surface area contributed by atoms with E-state index in [4.69, 9.17) is 11.6 Å². The molecule has 1 aromatic carbocycles. The number of aromatic hydroxyl groups is 1. The summed E-state index contributed by atoms with van der Waals surface area (Å²) in [6, 6.07) is 1.97. The fraction of sp³-hybridized carbons (Fsp3) is 0.667. The third kappa shape index (κ3) is 1.59. The molecule has 2 aliphatic carbocycles. The van der Waals surface area contributed by atoms with Crippen LogP contribution in [0, 0.1) is 11.2 Å². The minimum Gasteiger partial charge on any atom is -0.504 e. The fourth-order valence-electron chi connectivity index (χ4n) is 5.81. The Morgan fingerprint density at radius 2 is 2.05 bits per heavy atom. The minimum atomic E-state index is -0.583. The Kier molecular flexibility index (Phi) is 3.09. The van der Waals surface area contributed by atoms with E-state index in [0.29, 0.717) is 6.04 Å². The molecule has 120 valence electrons. The number of phenols is 1. The Morgan fingerprint density at radius 1 is 1.32 bits per heavy atom. The van der Waals surface area contributed by atoms with E-state index < -0.39 is 5.82 Å². The highest BCUT2D eigenvalue weighted by molar-refractivity contribution is 6.33. The summed E-state index contributed by atoms with van der Waals surface area (Å²) < 4.78 is 14.0. The highest BCUT2D eigenvalue weighted by Crippen LogP contribution is 2.64. The summed E-state index contributed by atoms with van der Waals surface area (Å²) in [6.45, 7) is 3.44. The molecule has 1 saturated heterocycles. The zero-order valence-electron chi connectivity index (χ0n) is 13.3. The van der Waals surface area contributed by atoms with Gasteiger partial charge in [-0.1, -0.05) is 31.4 Å². The Morgan fingerprint density at radius 3 is 2.82 bits per heavy atom. The van der Waals surface area contributed by atoms with Gasteiger partial charge in [0.1, 0.15) is 0 Å². The normalized spacial score (nSPS) is 37.5. The first-order valence-electron chi connectivity index (χ1n) is 8.31. The van der Waals surface area contributed by atoms with E-state index in [-0.39, 0.29) is 21.6 Å². The molecule has 2 fully saturated rings. The molecule has 1 aromatic rings. The van der Waals surface area contributed by atoms with Crippen molar-refractivity contribution in [1.29, 1.82) is 0 Å². The molecule has 3 aliphatic rings. The molecule has 0 spiro atoms. The second-order valence-corrected chi connectivity index (χ2v) is 8.09. The molecule has 1 heterocycles. The van der Waals surface area contributed by atoms with Crippen LogP contribution in [0.1, 0.15) is 50.2 Å². The molecule has 1 aliphatic heterocycles. The molecule has 0 unspecified atom stereocenters. The van der Waals surface area contributed by atoms with Crippen LogP contribution in [0.2, 0.25) is 5.02 Å². The zero-order valence-corrected chi connectivity index (χ0v) is 14.0. The Hall–Kier alpha value is -0.800. The average molecular weight is 324 g/mol. The molecule has 2 bridgehead atoms. The van der Waals surface area contributed by atoms with Crippen LogP contribution in [0.25, 0.3) is 0 Å². The van der Waals surface area contributed by atoms with Crippen molar-refractivity contribution < 1.29 is 9.50 Å². The Balaban J connectivity index is 2.02. The standard InChI is InChI=1S/C18H23ClFNO/c1-17-5-3-4-6-18(17)7-8-21(2)13(17)10-11-9-12(20)16(22)15(19)14(11)18/h9,13,22H,3-8,10H2,1-2H3/t13-,17+,18+/m0/s1. The summed E-state index contributed by atoms with van der Waals surface area (Å²) in [7, 11) is 2.19. The van der Waals surface area contributed by atoms with Crippen molar-refractivity contribution in [3.05, 3.63) is 28.0 Å². The van der Waals surface area contributed by atoms with Gasteiger partial charge in [-0.3, -0.25) is 0 Å².